The average Bonchev–Trinajstić information content (AvgIpc) is 3.47. The zero-order valence-electron chi connectivity index (χ0n) is 16.7. The van der Waals surface area contributed by atoms with Crippen molar-refractivity contribution in [2.45, 2.75) is 0 Å². The van der Waals surface area contributed by atoms with E-state index in [0.29, 0.717) is 34.5 Å². The third kappa shape index (κ3) is 3.39. The Morgan fingerprint density at radius 1 is 0.935 bits per heavy atom. The molecule has 0 aliphatic carbocycles. The molecule has 31 heavy (non-hydrogen) atoms. The molecule has 0 atom stereocenters. The molecule has 0 radical (unpaired) electrons. The molecule has 6 nitrogen and oxygen atoms in total. The van der Waals surface area contributed by atoms with Crippen molar-refractivity contribution < 1.29 is 23.7 Å². The summed E-state index contributed by atoms with van der Waals surface area (Å²) >= 11 is 1.47. The summed E-state index contributed by atoms with van der Waals surface area (Å²) in [5.74, 6) is 2.21. The van der Waals surface area contributed by atoms with Crippen LogP contribution in [0.25, 0.3) is 11.3 Å². The SMILES string of the molecule is COc1ccc(C2=C/C(=C3/N=C(c4cccs4)OC3=O)c3ccccc3O2)cc1OC. The number of ether oxygens (including phenoxy) is 4. The van der Waals surface area contributed by atoms with Gasteiger partial charge in [0.05, 0.1) is 19.1 Å². The fourth-order valence-corrected chi connectivity index (χ4v) is 4.09. The predicted molar refractivity (Wildman–Crippen MR) is 118 cm³/mol. The number of hydrogen-bond donors (Lipinski definition) is 0. The maximum Gasteiger partial charge on any atom is 0.364 e. The molecule has 2 aliphatic rings. The van der Waals surface area contributed by atoms with Crippen molar-refractivity contribution >= 4 is 34.5 Å². The first-order chi connectivity index (χ1) is 15.2. The first-order valence-corrected chi connectivity index (χ1v) is 10.4. The molecule has 7 heteroatoms. The lowest BCUT2D eigenvalue weighted by Crippen LogP contribution is -2.08. The van der Waals surface area contributed by atoms with Crippen molar-refractivity contribution in [3.8, 4) is 17.2 Å². The van der Waals surface area contributed by atoms with Crippen molar-refractivity contribution in [3.05, 3.63) is 87.8 Å². The number of rotatable bonds is 4. The van der Waals surface area contributed by atoms with Crippen LogP contribution in [-0.4, -0.2) is 26.1 Å². The zero-order chi connectivity index (χ0) is 21.4. The second kappa shape index (κ2) is 7.77. The second-order valence-corrected chi connectivity index (χ2v) is 7.67. The number of nitrogens with zero attached hydrogens (tertiary/aromatic N) is 1. The van der Waals surface area contributed by atoms with E-state index in [2.05, 4.69) is 4.99 Å². The predicted octanol–water partition coefficient (Wildman–Crippen LogP) is 4.91. The number of fused-ring (bicyclic) bond motifs is 1. The van der Waals surface area contributed by atoms with E-state index >= 15 is 0 Å². The van der Waals surface area contributed by atoms with E-state index in [4.69, 9.17) is 18.9 Å². The summed E-state index contributed by atoms with van der Waals surface area (Å²) in [4.78, 5) is 18.0. The number of methoxy groups -OCH3 is 2. The lowest BCUT2D eigenvalue weighted by molar-refractivity contribution is -0.129. The molecule has 0 N–H and O–H groups in total. The van der Waals surface area contributed by atoms with E-state index in [1.807, 2.05) is 60.0 Å². The Morgan fingerprint density at radius 2 is 1.77 bits per heavy atom. The minimum absolute atomic E-state index is 0.247. The lowest BCUT2D eigenvalue weighted by Gasteiger charge is -2.21. The largest absolute Gasteiger partial charge is 0.493 e. The smallest absolute Gasteiger partial charge is 0.364 e. The van der Waals surface area contributed by atoms with Crippen LogP contribution in [0.1, 0.15) is 16.0 Å². The van der Waals surface area contributed by atoms with Gasteiger partial charge in [-0.2, -0.15) is 0 Å². The van der Waals surface area contributed by atoms with Gasteiger partial charge >= 0.3 is 5.97 Å². The third-order valence-electron chi connectivity index (χ3n) is 4.92. The highest BCUT2D eigenvalue weighted by molar-refractivity contribution is 7.12. The number of esters is 1. The highest BCUT2D eigenvalue weighted by Crippen LogP contribution is 2.41. The normalized spacial score (nSPS) is 17.3. The number of cyclic esters (lactones) is 1. The molecular formula is C24H17NO5S. The van der Waals surface area contributed by atoms with Crippen LogP contribution >= 0.6 is 11.3 Å². The minimum atomic E-state index is -0.488. The van der Waals surface area contributed by atoms with Crippen molar-refractivity contribution in [1.29, 1.82) is 0 Å². The molecule has 3 heterocycles. The molecule has 0 fully saturated rings. The molecule has 0 amide bonds. The summed E-state index contributed by atoms with van der Waals surface area (Å²) in [6.45, 7) is 0. The third-order valence-corrected chi connectivity index (χ3v) is 5.78. The van der Waals surface area contributed by atoms with Crippen LogP contribution in [0.5, 0.6) is 17.2 Å². The van der Waals surface area contributed by atoms with Gasteiger partial charge in [0.25, 0.3) is 0 Å². The van der Waals surface area contributed by atoms with E-state index in [0.717, 1.165) is 16.0 Å². The van der Waals surface area contributed by atoms with Gasteiger partial charge in [0.15, 0.2) is 17.2 Å². The van der Waals surface area contributed by atoms with Crippen molar-refractivity contribution in [2.24, 2.45) is 4.99 Å². The molecular weight excluding hydrogens is 414 g/mol. The molecule has 0 saturated heterocycles. The second-order valence-electron chi connectivity index (χ2n) is 6.72. The van der Waals surface area contributed by atoms with Crippen molar-refractivity contribution in [3.63, 3.8) is 0 Å². The van der Waals surface area contributed by atoms with Gasteiger partial charge in [-0.1, -0.05) is 24.3 Å². The minimum Gasteiger partial charge on any atom is -0.493 e. The summed E-state index contributed by atoms with van der Waals surface area (Å²) in [6, 6.07) is 16.8. The topological polar surface area (TPSA) is 66.4 Å². The first-order valence-electron chi connectivity index (χ1n) is 9.48. The van der Waals surface area contributed by atoms with Gasteiger partial charge in [-0.15, -0.1) is 11.3 Å². The molecule has 154 valence electrons. The Morgan fingerprint density at radius 3 is 2.55 bits per heavy atom. The fraction of sp³-hybridized carbons (Fsp3) is 0.0833. The standard InChI is InChI=1S/C24H17NO5S/c1-27-18-10-9-14(12-20(18)28-2)19-13-16(15-6-3-4-7-17(15)29-19)22-24(26)30-23(25-22)21-8-5-11-31-21/h3-13H,1-2H3/b22-16-. The molecule has 2 aromatic carbocycles. The summed E-state index contributed by atoms with van der Waals surface area (Å²) < 4.78 is 22.3. The van der Waals surface area contributed by atoms with Crippen LogP contribution in [-0.2, 0) is 9.53 Å². The van der Waals surface area contributed by atoms with Gasteiger partial charge in [-0.05, 0) is 41.8 Å². The van der Waals surface area contributed by atoms with E-state index in [-0.39, 0.29) is 5.70 Å². The number of carbonyl (C=O) groups excluding carboxylic acids is 1. The molecule has 0 saturated carbocycles. The van der Waals surface area contributed by atoms with Crippen LogP contribution in [0, 0.1) is 0 Å². The molecule has 5 rings (SSSR count). The number of benzene rings is 2. The van der Waals surface area contributed by atoms with Gasteiger partial charge in [0.1, 0.15) is 11.5 Å². The Labute approximate surface area is 182 Å². The van der Waals surface area contributed by atoms with E-state index < -0.39 is 5.97 Å². The molecule has 0 spiro atoms. The summed E-state index contributed by atoms with van der Waals surface area (Å²) in [5.41, 5.74) is 2.44. The fourth-order valence-electron chi connectivity index (χ4n) is 3.44. The Hall–Kier alpha value is -3.84. The zero-order valence-corrected chi connectivity index (χ0v) is 17.6. The quantitative estimate of drug-likeness (QED) is 0.434. The number of thiophene rings is 1. The number of para-hydroxylation sites is 1. The maximum absolute atomic E-state index is 12.7. The highest BCUT2D eigenvalue weighted by atomic mass is 32.1. The number of aliphatic imine (C=N–C) groups is 1. The highest BCUT2D eigenvalue weighted by Gasteiger charge is 2.31. The van der Waals surface area contributed by atoms with E-state index in [1.165, 1.54) is 11.3 Å². The summed E-state index contributed by atoms with van der Waals surface area (Å²) in [5, 5.41) is 1.91. The lowest BCUT2D eigenvalue weighted by atomic mass is 9.97. The van der Waals surface area contributed by atoms with Gasteiger partial charge in [-0.3, -0.25) is 0 Å². The van der Waals surface area contributed by atoms with Crippen molar-refractivity contribution in [2.75, 3.05) is 14.2 Å². The summed E-state index contributed by atoms with van der Waals surface area (Å²) in [6.07, 6.45) is 1.81. The molecule has 0 bridgehead atoms. The van der Waals surface area contributed by atoms with Gasteiger partial charge in [0, 0.05) is 16.7 Å². The average molecular weight is 431 g/mol. The van der Waals surface area contributed by atoms with Gasteiger partial charge in [-0.25, -0.2) is 9.79 Å². The number of carbonyl (C=O) groups is 1. The first kappa shape index (κ1) is 19.1. The Balaban J connectivity index is 1.67. The molecule has 2 aliphatic heterocycles. The summed E-state index contributed by atoms with van der Waals surface area (Å²) in [7, 11) is 3.16. The van der Waals surface area contributed by atoms with Crippen LogP contribution < -0.4 is 14.2 Å². The van der Waals surface area contributed by atoms with Crippen LogP contribution in [0.3, 0.4) is 0 Å². The number of hydrogen-bond acceptors (Lipinski definition) is 7. The van der Waals surface area contributed by atoms with Crippen LogP contribution in [0.15, 0.2) is 76.7 Å². The molecule has 1 aromatic heterocycles. The van der Waals surface area contributed by atoms with E-state index in [9.17, 15) is 4.79 Å². The van der Waals surface area contributed by atoms with Gasteiger partial charge in [0.2, 0.25) is 5.90 Å². The number of allylic oxidation sites excluding steroid dienone is 2. The monoisotopic (exact) mass is 431 g/mol. The van der Waals surface area contributed by atoms with Crippen LogP contribution in [0.4, 0.5) is 0 Å². The van der Waals surface area contributed by atoms with E-state index in [1.54, 1.807) is 20.3 Å². The Kier molecular flexibility index (Phi) is 4.80. The van der Waals surface area contributed by atoms with Crippen LogP contribution in [0.2, 0.25) is 0 Å². The Bertz CT molecular complexity index is 1270. The molecule has 3 aromatic rings. The molecule has 0 unspecified atom stereocenters. The van der Waals surface area contributed by atoms with Crippen molar-refractivity contribution in [1.82, 2.24) is 0 Å². The maximum atomic E-state index is 12.7. The van der Waals surface area contributed by atoms with Gasteiger partial charge < -0.3 is 18.9 Å².